The van der Waals surface area contributed by atoms with Crippen LogP contribution < -0.4 is 24.4 Å². The second-order valence-corrected chi connectivity index (χ2v) is 10.4. The highest BCUT2D eigenvalue weighted by atomic mass is 127. The summed E-state index contributed by atoms with van der Waals surface area (Å²) < 4.78 is 19.2. The maximum absolute atomic E-state index is 13.9. The molecule has 0 fully saturated rings. The van der Waals surface area contributed by atoms with E-state index in [0.717, 1.165) is 6.42 Å². The second kappa shape index (κ2) is 11.5. The van der Waals surface area contributed by atoms with E-state index in [9.17, 15) is 14.7 Å². The van der Waals surface area contributed by atoms with Crippen LogP contribution in [0.3, 0.4) is 0 Å². The van der Waals surface area contributed by atoms with Gasteiger partial charge in [0.25, 0.3) is 5.56 Å². The van der Waals surface area contributed by atoms with Crippen LogP contribution in [0.1, 0.15) is 44.4 Å². The van der Waals surface area contributed by atoms with Gasteiger partial charge in [0.15, 0.2) is 16.3 Å². The van der Waals surface area contributed by atoms with Crippen molar-refractivity contribution in [2.75, 3.05) is 20.3 Å². The average molecular weight is 634 g/mol. The monoisotopic (exact) mass is 634 g/mol. The average Bonchev–Trinajstić information content (AvgIpc) is 3.18. The maximum atomic E-state index is 13.9. The van der Waals surface area contributed by atoms with Crippen LogP contribution in [0.15, 0.2) is 57.5 Å². The number of carbonyl (C=O) groups is 1. The Hall–Kier alpha value is -3.12. The topological polar surface area (TPSA) is 99.4 Å². The number of ether oxygens (including phenoxy) is 3. The fourth-order valence-corrected chi connectivity index (χ4v) is 5.79. The minimum atomic E-state index is -0.764. The summed E-state index contributed by atoms with van der Waals surface area (Å²) in [7, 11) is 1.47. The van der Waals surface area contributed by atoms with Crippen LogP contribution in [0.4, 0.5) is 0 Å². The van der Waals surface area contributed by atoms with Crippen molar-refractivity contribution in [2.24, 2.45) is 4.99 Å². The predicted octanol–water partition coefficient (Wildman–Crippen LogP) is 3.91. The Bertz CT molecular complexity index is 1560. The molecule has 0 bridgehead atoms. The van der Waals surface area contributed by atoms with E-state index in [1.807, 2.05) is 53.8 Å². The van der Waals surface area contributed by atoms with Crippen LogP contribution in [0.25, 0.3) is 6.08 Å². The number of nitrogens with zero attached hydrogens (tertiary/aromatic N) is 2. The summed E-state index contributed by atoms with van der Waals surface area (Å²) in [6, 6.07) is 10.1. The molecule has 0 unspecified atom stereocenters. The molecule has 37 heavy (non-hydrogen) atoms. The Morgan fingerprint density at radius 2 is 2.00 bits per heavy atom. The van der Waals surface area contributed by atoms with Gasteiger partial charge in [-0.3, -0.25) is 9.36 Å². The molecule has 3 aromatic rings. The Morgan fingerprint density at radius 1 is 1.24 bits per heavy atom. The van der Waals surface area contributed by atoms with Gasteiger partial charge in [0, 0.05) is 5.56 Å². The van der Waals surface area contributed by atoms with E-state index in [1.54, 1.807) is 32.1 Å². The third-order valence-corrected chi connectivity index (χ3v) is 7.57. The molecule has 2 heterocycles. The lowest BCUT2D eigenvalue weighted by atomic mass is 9.95. The summed E-state index contributed by atoms with van der Waals surface area (Å²) in [4.78, 5) is 32.1. The molecular formula is C27H27IN2O6S. The quantitative estimate of drug-likeness (QED) is 0.298. The number of halogens is 1. The van der Waals surface area contributed by atoms with Gasteiger partial charge in [-0.2, -0.15) is 0 Å². The molecule has 1 aliphatic heterocycles. The van der Waals surface area contributed by atoms with E-state index in [2.05, 4.69) is 4.99 Å². The van der Waals surface area contributed by atoms with Crippen molar-refractivity contribution in [1.29, 1.82) is 0 Å². The molecule has 0 amide bonds. The summed E-state index contributed by atoms with van der Waals surface area (Å²) in [6.07, 6.45) is 2.54. The summed E-state index contributed by atoms with van der Waals surface area (Å²) in [6.45, 7) is 6.20. The van der Waals surface area contributed by atoms with Gasteiger partial charge in [-0.1, -0.05) is 36.5 Å². The van der Waals surface area contributed by atoms with E-state index in [1.165, 1.54) is 23.0 Å². The van der Waals surface area contributed by atoms with E-state index in [4.69, 9.17) is 14.2 Å². The number of para-hydroxylation sites is 1. The number of allylic oxidation sites excluding steroid dienone is 1. The SMILES string of the molecule is CCCOc1ccccc1[C@H]1C(C(=O)OCC)=C(C)N=c2s/c(=C/c3cc(I)c(O)c(OC)c3)c(=O)n21. The van der Waals surface area contributed by atoms with Crippen LogP contribution in [0, 0.1) is 3.57 Å². The molecule has 1 aliphatic rings. The summed E-state index contributed by atoms with van der Waals surface area (Å²) in [5, 5.41) is 10.2. The Kier molecular flexibility index (Phi) is 8.38. The van der Waals surface area contributed by atoms with Crippen molar-refractivity contribution in [2.45, 2.75) is 33.2 Å². The highest BCUT2D eigenvalue weighted by Crippen LogP contribution is 2.36. The summed E-state index contributed by atoms with van der Waals surface area (Å²) in [5.41, 5.74) is 1.86. The van der Waals surface area contributed by atoms with E-state index >= 15 is 0 Å². The smallest absolute Gasteiger partial charge is 0.338 e. The third-order valence-electron chi connectivity index (χ3n) is 5.76. The normalized spacial score (nSPS) is 15.3. The number of carbonyl (C=O) groups excluding carboxylic acids is 1. The van der Waals surface area contributed by atoms with Gasteiger partial charge in [0.1, 0.15) is 11.8 Å². The number of rotatable bonds is 8. The molecule has 1 aromatic heterocycles. The third kappa shape index (κ3) is 5.30. The number of methoxy groups -OCH3 is 1. The van der Waals surface area contributed by atoms with E-state index < -0.39 is 12.0 Å². The number of thiazole rings is 1. The van der Waals surface area contributed by atoms with Crippen LogP contribution in [-0.2, 0) is 9.53 Å². The molecule has 8 nitrogen and oxygen atoms in total. The summed E-state index contributed by atoms with van der Waals surface area (Å²) >= 11 is 3.24. The Morgan fingerprint density at radius 3 is 2.70 bits per heavy atom. The van der Waals surface area contributed by atoms with Crippen molar-refractivity contribution in [3.8, 4) is 17.2 Å². The van der Waals surface area contributed by atoms with Crippen LogP contribution >= 0.6 is 33.9 Å². The van der Waals surface area contributed by atoms with Gasteiger partial charge < -0.3 is 19.3 Å². The minimum Gasteiger partial charge on any atom is -0.504 e. The molecule has 0 saturated carbocycles. The Labute approximate surface area is 231 Å². The molecule has 2 aromatic carbocycles. The molecule has 4 rings (SSSR count). The highest BCUT2D eigenvalue weighted by molar-refractivity contribution is 14.1. The molecule has 0 spiro atoms. The maximum Gasteiger partial charge on any atom is 0.338 e. The lowest BCUT2D eigenvalue weighted by Gasteiger charge is -2.26. The standard InChI is InChI=1S/C27H27IN2O6S/c1-5-11-36-19-10-8-7-9-17(19)23-22(26(33)35-6-2)15(3)29-27-30(23)25(32)21(37-27)14-16-12-18(28)24(31)20(13-16)34-4/h7-10,12-14,23,31H,5-6,11H2,1-4H3/b21-14+/t23-/m0/s1. The zero-order valence-electron chi connectivity index (χ0n) is 20.9. The first kappa shape index (κ1) is 26.9. The van der Waals surface area contributed by atoms with Crippen molar-refractivity contribution in [1.82, 2.24) is 4.57 Å². The number of benzene rings is 2. The number of aromatic nitrogens is 1. The van der Waals surface area contributed by atoms with Crippen LogP contribution in [0.2, 0.25) is 0 Å². The number of esters is 1. The van der Waals surface area contributed by atoms with Crippen LogP contribution in [-0.4, -0.2) is 36.0 Å². The number of aromatic hydroxyl groups is 1. The fourth-order valence-electron chi connectivity index (χ4n) is 4.12. The van der Waals surface area contributed by atoms with Crippen LogP contribution in [0.5, 0.6) is 17.2 Å². The number of hydrogen-bond donors (Lipinski definition) is 1. The lowest BCUT2D eigenvalue weighted by molar-refractivity contribution is -0.139. The first-order chi connectivity index (χ1) is 17.8. The molecular weight excluding hydrogens is 607 g/mol. The molecule has 0 aliphatic carbocycles. The van der Waals surface area contributed by atoms with E-state index in [0.29, 0.717) is 53.4 Å². The highest BCUT2D eigenvalue weighted by Gasteiger charge is 2.35. The van der Waals surface area contributed by atoms with Gasteiger partial charge in [-0.05, 0) is 72.7 Å². The molecule has 1 N–H and O–H groups in total. The van der Waals surface area contributed by atoms with E-state index in [-0.39, 0.29) is 17.9 Å². The fraction of sp³-hybridized carbons (Fsp3) is 0.296. The zero-order valence-corrected chi connectivity index (χ0v) is 23.9. The van der Waals surface area contributed by atoms with Crippen molar-refractivity contribution in [3.63, 3.8) is 0 Å². The number of hydrogen-bond acceptors (Lipinski definition) is 8. The second-order valence-electron chi connectivity index (χ2n) is 8.24. The number of phenols is 1. The molecule has 194 valence electrons. The minimum absolute atomic E-state index is 0.0418. The van der Waals surface area contributed by atoms with Crippen molar-refractivity contribution >= 4 is 46.0 Å². The van der Waals surface area contributed by atoms with Crippen molar-refractivity contribution < 1.29 is 24.1 Å². The van der Waals surface area contributed by atoms with Gasteiger partial charge in [0.2, 0.25) is 0 Å². The first-order valence-corrected chi connectivity index (χ1v) is 13.7. The molecule has 0 saturated heterocycles. The van der Waals surface area contributed by atoms with Gasteiger partial charge in [0.05, 0.1) is 39.7 Å². The largest absolute Gasteiger partial charge is 0.504 e. The predicted molar refractivity (Wildman–Crippen MR) is 150 cm³/mol. The number of fused-ring (bicyclic) bond motifs is 1. The first-order valence-electron chi connectivity index (χ1n) is 11.8. The molecule has 0 radical (unpaired) electrons. The Balaban J connectivity index is 1.97. The van der Waals surface area contributed by atoms with Gasteiger partial charge in [-0.15, -0.1) is 0 Å². The lowest BCUT2D eigenvalue weighted by Crippen LogP contribution is -2.40. The summed E-state index contributed by atoms with van der Waals surface area (Å²) in [5.74, 6) is 0.427. The molecule has 10 heteroatoms. The van der Waals surface area contributed by atoms with Crippen molar-refractivity contribution in [3.05, 3.63) is 82.1 Å². The number of phenolic OH excluding ortho intramolecular Hbond substituents is 1. The van der Waals surface area contributed by atoms with Gasteiger partial charge in [-0.25, -0.2) is 9.79 Å². The van der Waals surface area contributed by atoms with Gasteiger partial charge >= 0.3 is 5.97 Å². The zero-order chi connectivity index (χ0) is 26.7. The molecule has 1 atom stereocenters.